The van der Waals surface area contributed by atoms with Gasteiger partial charge in [-0.25, -0.2) is 13.1 Å². The van der Waals surface area contributed by atoms with Gasteiger partial charge in [-0.2, -0.15) is 0 Å². The van der Waals surface area contributed by atoms with Gasteiger partial charge in [-0.05, 0) is 45.4 Å². The first-order valence-electron chi connectivity index (χ1n) is 7.05. The van der Waals surface area contributed by atoms with Gasteiger partial charge in [0.05, 0.1) is 4.90 Å². The Morgan fingerprint density at radius 2 is 1.76 bits per heavy atom. The smallest absolute Gasteiger partial charge is 0.241 e. The van der Waals surface area contributed by atoms with Gasteiger partial charge in [0.25, 0.3) is 0 Å². The maximum absolute atomic E-state index is 12.6. The van der Waals surface area contributed by atoms with Crippen molar-refractivity contribution in [2.75, 3.05) is 20.6 Å². The molecule has 1 N–H and O–H groups in total. The van der Waals surface area contributed by atoms with Gasteiger partial charge >= 0.3 is 0 Å². The van der Waals surface area contributed by atoms with Crippen LogP contribution < -0.4 is 4.72 Å². The van der Waals surface area contributed by atoms with Gasteiger partial charge in [0.15, 0.2) is 0 Å². The predicted molar refractivity (Wildman–Crippen MR) is 86.9 cm³/mol. The van der Waals surface area contributed by atoms with E-state index in [2.05, 4.69) is 4.72 Å². The van der Waals surface area contributed by atoms with Crippen molar-refractivity contribution in [1.29, 1.82) is 0 Å². The molecule has 2 rings (SSSR count). The molecule has 0 aliphatic heterocycles. The van der Waals surface area contributed by atoms with E-state index in [0.717, 1.165) is 23.7 Å². The summed E-state index contributed by atoms with van der Waals surface area (Å²) in [6.07, 6.45) is 0.775. The van der Waals surface area contributed by atoms with E-state index in [0.29, 0.717) is 4.90 Å². The molecule has 0 amide bonds. The van der Waals surface area contributed by atoms with Crippen molar-refractivity contribution in [1.82, 2.24) is 9.62 Å². The van der Waals surface area contributed by atoms with Gasteiger partial charge in [0.2, 0.25) is 10.0 Å². The van der Waals surface area contributed by atoms with Crippen LogP contribution in [0.4, 0.5) is 0 Å². The van der Waals surface area contributed by atoms with Crippen molar-refractivity contribution in [2.24, 2.45) is 0 Å². The van der Waals surface area contributed by atoms with E-state index in [1.54, 1.807) is 12.1 Å². The van der Waals surface area contributed by atoms with E-state index >= 15 is 0 Å². The van der Waals surface area contributed by atoms with E-state index in [4.69, 9.17) is 0 Å². The first kappa shape index (κ1) is 15.9. The van der Waals surface area contributed by atoms with Crippen LogP contribution in [-0.4, -0.2) is 40.0 Å². The Bertz CT molecular complexity index is 706. The van der Waals surface area contributed by atoms with Crippen LogP contribution in [0.25, 0.3) is 10.8 Å². The molecule has 1 unspecified atom stereocenters. The summed E-state index contributed by atoms with van der Waals surface area (Å²) in [5.41, 5.74) is 0. The molecule has 5 heteroatoms. The highest BCUT2D eigenvalue weighted by Crippen LogP contribution is 2.22. The molecule has 0 fully saturated rings. The quantitative estimate of drug-likeness (QED) is 0.892. The Morgan fingerprint density at radius 3 is 2.48 bits per heavy atom. The van der Waals surface area contributed by atoms with E-state index in [9.17, 15) is 8.42 Å². The fourth-order valence-corrected chi connectivity index (χ4v) is 3.78. The number of nitrogens with zero attached hydrogens (tertiary/aromatic N) is 1. The van der Waals surface area contributed by atoms with E-state index < -0.39 is 10.0 Å². The lowest BCUT2D eigenvalue weighted by atomic mass is 10.1. The fraction of sp³-hybridized carbons (Fsp3) is 0.375. The van der Waals surface area contributed by atoms with Crippen LogP contribution in [0.1, 0.15) is 13.3 Å². The van der Waals surface area contributed by atoms with Gasteiger partial charge < -0.3 is 4.90 Å². The molecule has 2 aromatic rings. The minimum Gasteiger partial charge on any atom is -0.309 e. The number of hydrogen-bond acceptors (Lipinski definition) is 3. The largest absolute Gasteiger partial charge is 0.309 e. The molecule has 0 aliphatic rings. The highest BCUT2D eigenvalue weighted by Gasteiger charge is 2.19. The van der Waals surface area contributed by atoms with Gasteiger partial charge in [0, 0.05) is 11.4 Å². The molecule has 0 aromatic heterocycles. The third-order valence-electron chi connectivity index (χ3n) is 3.40. The summed E-state index contributed by atoms with van der Waals surface area (Å²) in [6, 6.07) is 12.8. The third-order valence-corrected chi connectivity index (χ3v) is 5.05. The molecule has 0 radical (unpaired) electrons. The number of hydrogen-bond donors (Lipinski definition) is 1. The van der Waals surface area contributed by atoms with Crippen LogP contribution in [0.15, 0.2) is 47.4 Å². The maximum atomic E-state index is 12.6. The molecule has 4 nitrogen and oxygen atoms in total. The molecule has 2 aromatic carbocycles. The molecule has 0 saturated heterocycles. The highest BCUT2D eigenvalue weighted by atomic mass is 32.2. The minimum absolute atomic E-state index is 0.101. The van der Waals surface area contributed by atoms with Gasteiger partial charge in [0.1, 0.15) is 0 Å². The average molecular weight is 306 g/mol. The van der Waals surface area contributed by atoms with Crippen LogP contribution in [0.5, 0.6) is 0 Å². The number of nitrogens with one attached hydrogen (secondary N) is 1. The van der Waals surface area contributed by atoms with Gasteiger partial charge in [-0.1, -0.05) is 36.4 Å². The SMILES string of the molecule is CC(CCN(C)C)NS(=O)(=O)c1cccc2ccccc12. The highest BCUT2D eigenvalue weighted by molar-refractivity contribution is 7.89. The third kappa shape index (κ3) is 4.03. The second-order valence-corrected chi connectivity index (χ2v) is 7.27. The molecule has 0 spiro atoms. The molecular weight excluding hydrogens is 284 g/mol. The summed E-state index contributed by atoms with van der Waals surface area (Å²) in [5.74, 6) is 0. The Balaban J connectivity index is 2.26. The molecule has 0 heterocycles. The van der Waals surface area contributed by atoms with Crippen LogP contribution in [0.2, 0.25) is 0 Å². The lowest BCUT2D eigenvalue weighted by molar-refractivity contribution is 0.379. The summed E-state index contributed by atoms with van der Waals surface area (Å²) in [7, 11) is 0.454. The van der Waals surface area contributed by atoms with Crippen molar-refractivity contribution < 1.29 is 8.42 Å². The van der Waals surface area contributed by atoms with E-state index in [1.165, 1.54) is 0 Å². The first-order chi connectivity index (χ1) is 9.90. The molecular formula is C16H22N2O2S. The Hall–Kier alpha value is -1.43. The number of benzene rings is 2. The standard InChI is InChI=1S/C16H22N2O2S/c1-13(11-12-18(2)3)17-21(19,20)16-10-6-8-14-7-4-5-9-15(14)16/h4-10,13,17H,11-12H2,1-3H3. The van der Waals surface area contributed by atoms with E-state index in [1.807, 2.05) is 56.3 Å². The summed E-state index contributed by atoms with van der Waals surface area (Å²) >= 11 is 0. The van der Waals surface area contributed by atoms with Crippen molar-refractivity contribution in [3.8, 4) is 0 Å². The Labute approximate surface area is 126 Å². The van der Waals surface area contributed by atoms with Crippen molar-refractivity contribution in [3.63, 3.8) is 0 Å². The molecule has 0 aliphatic carbocycles. The Morgan fingerprint density at radius 1 is 1.10 bits per heavy atom. The normalized spacial score (nSPS) is 13.7. The molecule has 0 saturated carbocycles. The number of fused-ring (bicyclic) bond motifs is 1. The molecule has 21 heavy (non-hydrogen) atoms. The predicted octanol–water partition coefficient (Wildman–Crippen LogP) is 2.46. The average Bonchev–Trinajstić information content (AvgIpc) is 2.44. The minimum atomic E-state index is -3.50. The van der Waals surface area contributed by atoms with Crippen molar-refractivity contribution in [2.45, 2.75) is 24.3 Å². The van der Waals surface area contributed by atoms with E-state index in [-0.39, 0.29) is 6.04 Å². The molecule has 114 valence electrons. The second kappa shape index (κ2) is 6.56. The summed E-state index contributed by atoms with van der Waals surface area (Å²) in [6.45, 7) is 2.74. The number of rotatable bonds is 6. The summed E-state index contributed by atoms with van der Waals surface area (Å²) in [5, 5.41) is 1.69. The lowest BCUT2D eigenvalue weighted by Crippen LogP contribution is -2.34. The molecule has 1 atom stereocenters. The molecule has 0 bridgehead atoms. The fourth-order valence-electron chi connectivity index (χ4n) is 2.27. The second-order valence-electron chi connectivity index (χ2n) is 5.59. The lowest BCUT2D eigenvalue weighted by Gasteiger charge is -2.17. The summed E-state index contributed by atoms with van der Waals surface area (Å²) < 4.78 is 27.9. The van der Waals surface area contributed by atoms with Crippen LogP contribution in [0, 0.1) is 0 Å². The number of sulfonamides is 1. The zero-order chi connectivity index (χ0) is 15.5. The monoisotopic (exact) mass is 306 g/mol. The van der Waals surface area contributed by atoms with Crippen molar-refractivity contribution >= 4 is 20.8 Å². The zero-order valence-electron chi connectivity index (χ0n) is 12.7. The van der Waals surface area contributed by atoms with Crippen molar-refractivity contribution in [3.05, 3.63) is 42.5 Å². The van der Waals surface area contributed by atoms with Crippen LogP contribution >= 0.6 is 0 Å². The zero-order valence-corrected chi connectivity index (χ0v) is 13.5. The first-order valence-corrected chi connectivity index (χ1v) is 8.53. The van der Waals surface area contributed by atoms with Crippen LogP contribution in [-0.2, 0) is 10.0 Å². The van der Waals surface area contributed by atoms with Gasteiger partial charge in [-0.3, -0.25) is 0 Å². The van der Waals surface area contributed by atoms with Gasteiger partial charge in [-0.15, -0.1) is 0 Å². The van der Waals surface area contributed by atoms with Crippen LogP contribution in [0.3, 0.4) is 0 Å². The maximum Gasteiger partial charge on any atom is 0.241 e. The Kier molecular flexibility index (Phi) is 4.98. The topological polar surface area (TPSA) is 49.4 Å². The summed E-state index contributed by atoms with van der Waals surface area (Å²) in [4.78, 5) is 2.39.